The molecule has 5 nitrogen and oxygen atoms in total. The minimum absolute atomic E-state index is 0.569. The topological polar surface area (TPSA) is 56.7 Å². The lowest BCUT2D eigenvalue weighted by atomic mass is 9.95. The summed E-state index contributed by atoms with van der Waals surface area (Å²) in [5.41, 5.74) is 14.2. The van der Waals surface area contributed by atoms with Crippen LogP contribution in [0.3, 0.4) is 0 Å². The van der Waals surface area contributed by atoms with E-state index in [0.29, 0.717) is 17.5 Å². The molecule has 0 atom stereocenters. The number of furan rings is 1. The first-order chi connectivity index (χ1) is 34.7. The van der Waals surface area contributed by atoms with E-state index in [2.05, 4.69) is 235 Å². The third-order valence-corrected chi connectivity index (χ3v) is 13.8. The van der Waals surface area contributed by atoms with E-state index in [0.717, 1.165) is 99.5 Å². The van der Waals surface area contributed by atoms with Crippen LogP contribution in [-0.4, -0.2) is 19.5 Å². The first-order valence-electron chi connectivity index (χ1n) is 23.7. The fraction of sp³-hybridized carbons (Fsp3) is 0. The first-order valence-corrected chi connectivity index (χ1v) is 23.7. The molecule has 14 rings (SSSR count). The summed E-state index contributed by atoms with van der Waals surface area (Å²) >= 11 is 0. The van der Waals surface area contributed by atoms with Crippen molar-refractivity contribution in [1.29, 1.82) is 0 Å². The van der Waals surface area contributed by atoms with Gasteiger partial charge in [-0.05, 0) is 91.8 Å². The molecule has 326 valence electrons. The number of hydrogen-bond acceptors (Lipinski definition) is 4. The minimum atomic E-state index is 0.569. The third-order valence-electron chi connectivity index (χ3n) is 13.8. The van der Waals surface area contributed by atoms with Gasteiger partial charge >= 0.3 is 0 Å². The summed E-state index contributed by atoms with van der Waals surface area (Å²) in [7, 11) is 0. The molecule has 70 heavy (non-hydrogen) atoms. The molecule has 0 unspecified atom stereocenters. The van der Waals surface area contributed by atoms with Crippen molar-refractivity contribution in [2.45, 2.75) is 0 Å². The Morgan fingerprint density at radius 1 is 0.286 bits per heavy atom. The Morgan fingerprint density at radius 3 is 1.64 bits per heavy atom. The summed E-state index contributed by atoms with van der Waals surface area (Å²) in [6, 6.07) is 86.0. The Hall–Kier alpha value is -9.45. The Kier molecular flexibility index (Phi) is 9.14. The number of benzene rings is 11. The normalized spacial score (nSPS) is 11.7. The maximum atomic E-state index is 6.98. The number of hydrogen-bond donors (Lipinski definition) is 0. The summed E-state index contributed by atoms with van der Waals surface area (Å²) in [5.74, 6) is 1.76. The molecule has 0 saturated heterocycles. The smallest absolute Gasteiger partial charge is 0.164 e. The van der Waals surface area contributed by atoms with E-state index in [-0.39, 0.29) is 0 Å². The summed E-state index contributed by atoms with van der Waals surface area (Å²) in [4.78, 5) is 15.8. The molecule has 3 aromatic heterocycles. The van der Waals surface area contributed by atoms with Crippen LogP contribution in [0.4, 0.5) is 0 Å². The molecule has 0 N–H and O–H groups in total. The number of rotatable bonds is 7. The largest absolute Gasteiger partial charge is 0.456 e. The van der Waals surface area contributed by atoms with Crippen molar-refractivity contribution in [2.75, 3.05) is 0 Å². The van der Waals surface area contributed by atoms with Gasteiger partial charge in [0.05, 0.1) is 16.7 Å². The Morgan fingerprint density at radius 2 is 0.857 bits per heavy atom. The zero-order valence-electron chi connectivity index (χ0n) is 37.8. The summed E-state index contributed by atoms with van der Waals surface area (Å²) < 4.78 is 9.40. The van der Waals surface area contributed by atoms with Gasteiger partial charge < -0.3 is 8.98 Å². The van der Waals surface area contributed by atoms with Gasteiger partial charge in [0.15, 0.2) is 17.5 Å². The number of para-hydroxylation sites is 1. The van der Waals surface area contributed by atoms with Gasteiger partial charge in [-0.15, -0.1) is 0 Å². The van der Waals surface area contributed by atoms with E-state index < -0.39 is 0 Å². The van der Waals surface area contributed by atoms with Crippen molar-refractivity contribution in [2.24, 2.45) is 0 Å². The second-order valence-electron chi connectivity index (χ2n) is 18.0. The average molecular weight is 893 g/mol. The van der Waals surface area contributed by atoms with E-state index in [1.165, 1.54) is 21.5 Å². The third kappa shape index (κ3) is 6.67. The van der Waals surface area contributed by atoms with E-state index in [1.807, 2.05) is 12.1 Å². The quantitative estimate of drug-likeness (QED) is 0.160. The van der Waals surface area contributed by atoms with Gasteiger partial charge in [0.2, 0.25) is 0 Å². The highest BCUT2D eigenvalue weighted by Crippen LogP contribution is 2.44. The lowest BCUT2D eigenvalue weighted by Gasteiger charge is -2.16. The van der Waals surface area contributed by atoms with Gasteiger partial charge in [0.1, 0.15) is 11.2 Å². The molecule has 0 aliphatic carbocycles. The Balaban J connectivity index is 1.02. The molecular formula is C65H40N4O. The molecule has 3 heterocycles. The maximum Gasteiger partial charge on any atom is 0.164 e. The van der Waals surface area contributed by atoms with Crippen LogP contribution in [0, 0.1) is 0 Å². The van der Waals surface area contributed by atoms with Crippen molar-refractivity contribution >= 4 is 65.3 Å². The van der Waals surface area contributed by atoms with Crippen LogP contribution in [-0.2, 0) is 0 Å². The summed E-state index contributed by atoms with van der Waals surface area (Å²) in [5, 5.41) is 8.99. The maximum absolute atomic E-state index is 6.98. The van der Waals surface area contributed by atoms with Gasteiger partial charge in [-0.3, -0.25) is 0 Å². The molecule has 0 aliphatic heterocycles. The van der Waals surface area contributed by atoms with Crippen molar-refractivity contribution < 1.29 is 4.42 Å². The predicted molar refractivity (Wildman–Crippen MR) is 289 cm³/mol. The average Bonchev–Trinajstić information content (AvgIpc) is 3.97. The van der Waals surface area contributed by atoms with Crippen LogP contribution in [0.1, 0.15) is 0 Å². The Labute approximate surface area is 403 Å². The molecule has 0 aliphatic rings. The number of nitrogens with zero attached hydrogens (tertiary/aromatic N) is 4. The van der Waals surface area contributed by atoms with Gasteiger partial charge in [0, 0.05) is 49.9 Å². The molecule has 14 aromatic rings. The fourth-order valence-electron chi connectivity index (χ4n) is 10.4. The highest BCUT2D eigenvalue weighted by Gasteiger charge is 2.23. The minimum Gasteiger partial charge on any atom is -0.456 e. The summed E-state index contributed by atoms with van der Waals surface area (Å²) in [6.45, 7) is 0. The van der Waals surface area contributed by atoms with Crippen LogP contribution < -0.4 is 0 Å². The number of fused-ring (bicyclic) bond motifs is 8. The zero-order valence-corrected chi connectivity index (χ0v) is 37.8. The number of aromatic nitrogens is 4. The molecule has 0 amide bonds. The zero-order chi connectivity index (χ0) is 46.1. The van der Waals surface area contributed by atoms with Crippen molar-refractivity contribution in [3.8, 4) is 73.2 Å². The monoisotopic (exact) mass is 892 g/mol. The lowest BCUT2D eigenvalue weighted by Crippen LogP contribution is -2.00. The molecule has 0 bridgehead atoms. The van der Waals surface area contributed by atoms with E-state index >= 15 is 0 Å². The Bertz CT molecular complexity index is 4340. The SMILES string of the molecule is c1ccc(-c2ccc(-c3nc(-c4ccc5ccccc5c4)nc(-c4cccc5oc6cc(-n7c8ccccc8c8cc9ccccc9cc87)c(-c7cccc(-c8ccccc8)c7)cc6c45)n3)cc2)cc1. The second kappa shape index (κ2) is 16.1. The van der Waals surface area contributed by atoms with Gasteiger partial charge in [-0.25, -0.2) is 15.0 Å². The van der Waals surface area contributed by atoms with Crippen LogP contribution in [0.5, 0.6) is 0 Å². The molecular weight excluding hydrogens is 853 g/mol. The van der Waals surface area contributed by atoms with Crippen molar-refractivity contribution in [3.05, 3.63) is 243 Å². The predicted octanol–water partition coefficient (Wildman–Crippen LogP) is 17.2. The van der Waals surface area contributed by atoms with Gasteiger partial charge in [-0.1, -0.05) is 194 Å². The lowest BCUT2D eigenvalue weighted by molar-refractivity contribution is 0.668. The van der Waals surface area contributed by atoms with Crippen LogP contribution >= 0.6 is 0 Å². The molecule has 0 fully saturated rings. The highest BCUT2D eigenvalue weighted by molar-refractivity contribution is 6.16. The molecule has 5 heteroatoms. The standard InChI is InChI=1S/C65H40N4O/c1-3-15-41(16-4-1)44-29-32-45(33-30-44)63-66-64(51-34-31-43-19-7-8-20-46(43)36-51)68-65(67-63)53-26-14-28-60-62(53)56-39-54(50-24-13-23-47(35-50)42-17-5-2-6-18-42)59(40-61(56)70-60)69-57-27-12-11-25-52(57)55-37-48-21-9-10-22-49(48)38-58(55)69/h1-40H. The van der Waals surface area contributed by atoms with Crippen LogP contribution in [0.25, 0.3) is 139 Å². The molecule has 11 aromatic carbocycles. The van der Waals surface area contributed by atoms with E-state index in [4.69, 9.17) is 19.4 Å². The van der Waals surface area contributed by atoms with Gasteiger partial charge in [-0.2, -0.15) is 0 Å². The van der Waals surface area contributed by atoms with Crippen LogP contribution in [0.2, 0.25) is 0 Å². The highest BCUT2D eigenvalue weighted by atomic mass is 16.3. The van der Waals surface area contributed by atoms with Gasteiger partial charge in [0.25, 0.3) is 0 Å². The van der Waals surface area contributed by atoms with Crippen molar-refractivity contribution in [1.82, 2.24) is 19.5 Å². The van der Waals surface area contributed by atoms with Crippen LogP contribution in [0.15, 0.2) is 247 Å². The molecule has 0 radical (unpaired) electrons. The summed E-state index contributed by atoms with van der Waals surface area (Å²) in [6.07, 6.45) is 0. The molecule has 0 spiro atoms. The fourth-order valence-corrected chi connectivity index (χ4v) is 10.4. The molecule has 0 saturated carbocycles. The van der Waals surface area contributed by atoms with E-state index in [9.17, 15) is 0 Å². The van der Waals surface area contributed by atoms with Crippen molar-refractivity contribution in [3.63, 3.8) is 0 Å². The second-order valence-corrected chi connectivity index (χ2v) is 18.0. The van der Waals surface area contributed by atoms with E-state index in [1.54, 1.807) is 0 Å². The first kappa shape index (κ1) is 39.7.